The number of nitrogens with one attached hydrogen (secondary N) is 1. The van der Waals surface area contributed by atoms with Crippen molar-refractivity contribution in [3.05, 3.63) is 23.8 Å². The molecule has 1 unspecified atom stereocenters. The Balaban J connectivity index is 3.05. The third-order valence-corrected chi connectivity index (χ3v) is 2.84. The SMILES string of the molecule is COc1ccc(C(=O)O)c(NC(C)C(C)C)c1. The third kappa shape index (κ3) is 3.37. The van der Waals surface area contributed by atoms with E-state index in [-0.39, 0.29) is 11.6 Å². The molecule has 4 heteroatoms. The minimum atomic E-state index is -0.939. The van der Waals surface area contributed by atoms with Crippen LogP contribution < -0.4 is 10.1 Å². The summed E-state index contributed by atoms with van der Waals surface area (Å²) in [6.45, 7) is 6.19. The second-order valence-corrected chi connectivity index (χ2v) is 4.39. The summed E-state index contributed by atoms with van der Waals surface area (Å²) < 4.78 is 5.10. The number of hydrogen-bond acceptors (Lipinski definition) is 3. The van der Waals surface area contributed by atoms with Crippen molar-refractivity contribution < 1.29 is 14.6 Å². The lowest BCUT2D eigenvalue weighted by atomic mass is 10.0. The van der Waals surface area contributed by atoms with E-state index in [1.54, 1.807) is 25.3 Å². The first kappa shape index (κ1) is 13.4. The van der Waals surface area contributed by atoms with Crippen LogP contribution in [-0.2, 0) is 0 Å². The summed E-state index contributed by atoms with van der Waals surface area (Å²) in [5.74, 6) is 0.127. The summed E-state index contributed by atoms with van der Waals surface area (Å²) in [6, 6.07) is 5.10. The Kier molecular flexibility index (Phi) is 4.37. The van der Waals surface area contributed by atoms with Crippen LogP contribution in [-0.4, -0.2) is 24.2 Å². The normalized spacial score (nSPS) is 12.3. The highest BCUT2D eigenvalue weighted by Gasteiger charge is 2.14. The van der Waals surface area contributed by atoms with E-state index >= 15 is 0 Å². The summed E-state index contributed by atoms with van der Waals surface area (Å²) in [7, 11) is 1.56. The van der Waals surface area contributed by atoms with Gasteiger partial charge >= 0.3 is 5.97 Å². The summed E-state index contributed by atoms with van der Waals surface area (Å²) in [4.78, 5) is 11.1. The molecule has 0 spiro atoms. The first-order valence-electron chi connectivity index (χ1n) is 5.63. The van der Waals surface area contributed by atoms with E-state index in [0.29, 0.717) is 17.4 Å². The van der Waals surface area contributed by atoms with Crippen LogP contribution in [0.15, 0.2) is 18.2 Å². The molecule has 1 aromatic carbocycles. The van der Waals surface area contributed by atoms with E-state index in [2.05, 4.69) is 19.2 Å². The van der Waals surface area contributed by atoms with Gasteiger partial charge in [0.1, 0.15) is 5.75 Å². The second kappa shape index (κ2) is 5.57. The van der Waals surface area contributed by atoms with Crippen molar-refractivity contribution >= 4 is 11.7 Å². The molecule has 4 nitrogen and oxygen atoms in total. The highest BCUT2D eigenvalue weighted by Crippen LogP contribution is 2.24. The molecule has 0 aliphatic heterocycles. The standard InChI is InChI=1S/C13H19NO3/c1-8(2)9(3)14-12-7-10(17-4)5-6-11(12)13(15)16/h5-9,14H,1-4H3,(H,15,16). The van der Waals surface area contributed by atoms with Crippen molar-refractivity contribution in [1.82, 2.24) is 0 Å². The van der Waals surface area contributed by atoms with Crippen molar-refractivity contribution in [3.8, 4) is 5.75 Å². The van der Waals surface area contributed by atoms with Crippen molar-refractivity contribution in [2.45, 2.75) is 26.8 Å². The van der Waals surface area contributed by atoms with Crippen LogP contribution in [0.5, 0.6) is 5.75 Å². The molecule has 0 saturated heterocycles. The summed E-state index contributed by atoms with van der Waals surface area (Å²) >= 11 is 0. The van der Waals surface area contributed by atoms with E-state index in [1.165, 1.54) is 0 Å². The number of hydrogen-bond donors (Lipinski definition) is 2. The average molecular weight is 237 g/mol. The Morgan fingerprint density at radius 1 is 1.35 bits per heavy atom. The van der Waals surface area contributed by atoms with Gasteiger partial charge in [0.2, 0.25) is 0 Å². The molecule has 0 fully saturated rings. The smallest absolute Gasteiger partial charge is 0.337 e. The molecule has 0 amide bonds. The van der Waals surface area contributed by atoms with Crippen molar-refractivity contribution in [3.63, 3.8) is 0 Å². The van der Waals surface area contributed by atoms with Gasteiger partial charge in [-0.05, 0) is 25.0 Å². The first-order chi connectivity index (χ1) is 7.95. The predicted molar refractivity (Wildman–Crippen MR) is 67.9 cm³/mol. The lowest BCUT2D eigenvalue weighted by molar-refractivity contribution is 0.0698. The molecule has 1 atom stereocenters. The number of rotatable bonds is 5. The van der Waals surface area contributed by atoms with Crippen LogP contribution in [0.1, 0.15) is 31.1 Å². The van der Waals surface area contributed by atoms with Gasteiger partial charge in [0.25, 0.3) is 0 Å². The number of carboxylic acids is 1. The van der Waals surface area contributed by atoms with Gasteiger partial charge in [0, 0.05) is 12.1 Å². The second-order valence-electron chi connectivity index (χ2n) is 4.39. The maximum atomic E-state index is 11.1. The predicted octanol–water partition coefficient (Wildman–Crippen LogP) is 2.85. The number of benzene rings is 1. The van der Waals surface area contributed by atoms with Gasteiger partial charge in [0.15, 0.2) is 0 Å². The van der Waals surface area contributed by atoms with Crippen molar-refractivity contribution in [2.24, 2.45) is 5.92 Å². The summed E-state index contributed by atoms with van der Waals surface area (Å²) in [5, 5.41) is 12.3. The van der Waals surface area contributed by atoms with Crippen molar-refractivity contribution in [1.29, 1.82) is 0 Å². The number of ether oxygens (including phenoxy) is 1. The summed E-state index contributed by atoms with van der Waals surface area (Å²) in [5.41, 5.74) is 0.858. The Bertz CT molecular complexity index is 402. The maximum absolute atomic E-state index is 11.1. The van der Waals surface area contributed by atoms with Crippen LogP contribution in [0.25, 0.3) is 0 Å². The highest BCUT2D eigenvalue weighted by molar-refractivity contribution is 5.94. The Hall–Kier alpha value is -1.71. The molecular weight excluding hydrogens is 218 g/mol. The zero-order chi connectivity index (χ0) is 13.0. The molecule has 0 heterocycles. The van der Waals surface area contributed by atoms with Crippen LogP contribution in [0.3, 0.4) is 0 Å². The number of methoxy groups -OCH3 is 1. The molecule has 94 valence electrons. The Morgan fingerprint density at radius 2 is 2.00 bits per heavy atom. The third-order valence-electron chi connectivity index (χ3n) is 2.84. The molecule has 0 radical (unpaired) electrons. The maximum Gasteiger partial charge on any atom is 0.337 e. The fraction of sp³-hybridized carbons (Fsp3) is 0.462. The minimum Gasteiger partial charge on any atom is -0.497 e. The fourth-order valence-corrected chi connectivity index (χ4v) is 1.37. The zero-order valence-corrected chi connectivity index (χ0v) is 10.7. The van der Waals surface area contributed by atoms with Crippen LogP contribution >= 0.6 is 0 Å². The van der Waals surface area contributed by atoms with Crippen LogP contribution in [0, 0.1) is 5.92 Å². The highest BCUT2D eigenvalue weighted by atomic mass is 16.5. The molecular formula is C13H19NO3. The zero-order valence-electron chi connectivity index (χ0n) is 10.7. The minimum absolute atomic E-state index is 0.195. The van der Waals surface area contributed by atoms with E-state index < -0.39 is 5.97 Å². The molecule has 0 aliphatic carbocycles. The quantitative estimate of drug-likeness (QED) is 0.826. The number of aromatic carboxylic acids is 1. The first-order valence-corrected chi connectivity index (χ1v) is 5.63. The lowest BCUT2D eigenvalue weighted by Crippen LogP contribution is -2.22. The monoisotopic (exact) mass is 237 g/mol. The van der Waals surface area contributed by atoms with E-state index in [9.17, 15) is 4.79 Å². The number of carbonyl (C=O) groups is 1. The molecule has 0 saturated carbocycles. The largest absolute Gasteiger partial charge is 0.497 e. The molecule has 1 rings (SSSR count). The van der Waals surface area contributed by atoms with Gasteiger partial charge < -0.3 is 15.2 Å². The topological polar surface area (TPSA) is 58.6 Å². The van der Waals surface area contributed by atoms with Crippen LogP contribution in [0.2, 0.25) is 0 Å². The van der Waals surface area contributed by atoms with E-state index in [4.69, 9.17) is 9.84 Å². The number of anilines is 1. The van der Waals surface area contributed by atoms with E-state index in [1.807, 2.05) is 6.92 Å². The van der Waals surface area contributed by atoms with Gasteiger partial charge in [-0.2, -0.15) is 0 Å². The van der Waals surface area contributed by atoms with E-state index in [0.717, 1.165) is 0 Å². The average Bonchev–Trinajstić information content (AvgIpc) is 2.28. The van der Waals surface area contributed by atoms with Gasteiger partial charge in [-0.3, -0.25) is 0 Å². The van der Waals surface area contributed by atoms with Gasteiger partial charge in [0.05, 0.1) is 18.4 Å². The van der Waals surface area contributed by atoms with Gasteiger partial charge in [-0.1, -0.05) is 13.8 Å². The lowest BCUT2D eigenvalue weighted by Gasteiger charge is -2.20. The van der Waals surface area contributed by atoms with Gasteiger partial charge in [-0.25, -0.2) is 4.79 Å². The molecule has 2 N–H and O–H groups in total. The Labute approximate surface area is 102 Å². The summed E-state index contributed by atoms with van der Waals surface area (Å²) in [6.07, 6.45) is 0. The number of carboxylic acid groups (broad SMARTS) is 1. The molecule has 0 aromatic heterocycles. The molecule has 17 heavy (non-hydrogen) atoms. The Morgan fingerprint density at radius 3 is 2.47 bits per heavy atom. The van der Waals surface area contributed by atoms with Gasteiger partial charge in [-0.15, -0.1) is 0 Å². The van der Waals surface area contributed by atoms with Crippen LogP contribution in [0.4, 0.5) is 5.69 Å². The van der Waals surface area contributed by atoms with Crippen molar-refractivity contribution in [2.75, 3.05) is 12.4 Å². The molecule has 0 bridgehead atoms. The fourth-order valence-electron chi connectivity index (χ4n) is 1.37. The molecule has 1 aromatic rings. The molecule has 0 aliphatic rings.